The number of nitro benzene ring substituents is 1. The fourth-order valence-corrected chi connectivity index (χ4v) is 3.06. The fourth-order valence-electron chi connectivity index (χ4n) is 2.54. The van der Waals surface area contributed by atoms with Crippen molar-refractivity contribution in [2.45, 2.75) is 4.90 Å². The van der Waals surface area contributed by atoms with E-state index < -0.39 is 14.9 Å². The maximum Gasteiger partial charge on any atom is 0.269 e. The number of anilines is 1. The summed E-state index contributed by atoms with van der Waals surface area (Å²) in [4.78, 5) is 10.4. The predicted octanol–water partition coefficient (Wildman–Crippen LogP) is 3.91. The zero-order valence-electron chi connectivity index (χ0n) is 16.0. The lowest BCUT2D eigenvalue weighted by Crippen LogP contribution is -2.11. The molecular formula is C21H17FN4O4S. The number of non-ortho nitro benzene ring substituents is 1. The lowest BCUT2D eigenvalue weighted by atomic mass is 10.1. The van der Waals surface area contributed by atoms with Crippen LogP contribution in [0.25, 0.3) is 6.08 Å². The molecule has 0 amide bonds. The summed E-state index contributed by atoms with van der Waals surface area (Å²) in [5, 5.41) is 20.3. The van der Waals surface area contributed by atoms with Crippen molar-refractivity contribution in [3.8, 4) is 0 Å². The van der Waals surface area contributed by atoms with Gasteiger partial charge in [0, 0.05) is 17.7 Å². The van der Waals surface area contributed by atoms with Gasteiger partial charge in [-0.2, -0.15) is 5.10 Å². The number of allylic oxidation sites excluding steroid dienone is 1. The molecule has 0 aromatic heterocycles. The molecular weight excluding hydrogens is 423 g/mol. The number of nitro groups is 1. The number of nitrogens with two attached hydrogens (primary N) is 1. The van der Waals surface area contributed by atoms with Gasteiger partial charge in [0.2, 0.25) is 10.0 Å². The van der Waals surface area contributed by atoms with E-state index in [4.69, 9.17) is 5.14 Å². The largest absolute Gasteiger partial charge is 0.278 e. The van der Waals surface area contributed by atoms with Gasteiger partial charge in [0.15, 0.2) is 0 Å². The second-order valence-corrected chi connectivity index (χ2v) is 7.93. The van der Waals surface area contributed by atoms with E-state index in [1.54, 1.807) is 36.4 Å². The average molecular weight is 440 g/mol. The molecule has 0 spiro atoms. The molecule has 0 bridgehead atoms. The van der Waals surface area contributed by atoms with Crippen LogP contribution in [0, 0.1) is 15.9 Å². The standard InChI is InChI=1S/C21H17FN4O4S/c22-17-6-1-15(2-7-17)3-14-21(16-4-10-19(11-5-16)26(27)28)25-24-18-8-12-20(13-9-18)31(23,29)30/h1-14,24H,(H2,23,29,30)/b14-3+,25-21+. The molecule has 3 rings (SSSR count). The maximum atomic E-state index is 13.1. The van der Waals surface area contributed by atoms with Gasteiger partial charge in [-0.25, -0.2) is 17.9 Å². The Morgan fingerprint density at radius 1 is 1.00 bits per heavy atom. The highest BCUT2D eigenvalue weighted by molar-refractivity contribution is 7.89. The molecule has 31 heavy (non-hydrogen) atoms. The summed E-state index contributed by atoms with van der Waals surface area (Å²) in [5.74, 6) is -0.356. The lowest BCUT2D eigenvalue weighted by Gasteiger charge is -2.06. The van der Waals surface area contributed by atoms with E-state index in [1.807, 2.05) is 0 Å². The van der Waals surface area contributed by atoms with Crippen molar-refractivity contribution >= 4 is 33.2 Å². The van der Waals surface area contributed by atoms with E-state index in [-0.39, 0.29) is 16.4 Å². The van der Waals surface area contributed by atoms with E-state index in [9.17, 15) is 22.9 Å². The van der Waals surface area contributed by atoms with Crippen LogP contribution < -0.4 is 10.6 Å². The SMILES string of the molecule is NS(=O)(=O)c1ccc(N/N=C(\C=C\c2ccc(F)cc2)c2ccc([N+](=O)[O-])cc2)cc1. The summed E-state index contributed by atoms with van der Waals surface area (Å²) >= 11 is 0. The molecule has 3 N–H and O–H groups in total. The van der Waals surface area contributed by atoms with Crippen molar-refractivity contribution in [3.63, 3.8) is 0 Å². The van der Waals surface area contributed by atoms with Crippen LogP contribution in [0.5, 0.6) is 0 Å². The Hall–Kier alpha value is -3.89. The molecule has 0 unspecified atom stereocenters. The van der Waals surface area contributed by atoms with Crippen LogP contribution in [-0.4, -0.2) is 19.1 Å². The van der Waals surface area contributed by atoms with E-state index in [1.165, 1.54) is 48.5 Å². The Morgan fingerprint density at radius 3 is 2.16 bits per heavy atom. The molecule has 0 radical (unpaired) electrons. The van der Waals surface area contributed by atoms with Crippen molar-refractivity contribution < 1.29 is 17.7 Å². The summed E-state index contributed by atoms with van der Waals surface area (Å²) in [6, 6.07) is 17.4. The van der Waals surface area contributed by atoms with Crippen LogP contribution in [-0.2, 0) is 10.0 Å². The van der Waals surface area contributed by atoms with E-state index in [0.717, 1.165) is 5.56 Å². The Balaban J connectivity index is 1.90. The molecule has 3 aromatic rings. The third kappa shape index (κ3) is 6.04. The number of sulfonamides is 1. The number of benzene rings is 3. The van der Waals surface area contributed by atoms with Gasteiger partial charge in [-0.05, 0) is 60.2 Å². The molecule has 0 atom stereocenters. The van der Waals surface area contributed by atoms with Crippen molar-refractivity contribution in [2.75, 3.05) is 5.43 Å². The minimum Gasteiger partial charge on any atom is -0.278 e. The number of nitrogens with zero attached hydrogens (tertiary/aromatic N) is 2. The summed E-state index contributed by atoms with van der Waals surface area (Å²) in [5.41, 5.74) is 5.02. The van der Waals surface area contributed by atoms with E-state index >= 15 is 0 Å². The first-order valence-corrected chi connectivity index (χ1v) is 10.4. The molecule has 10 heteroatoms. The van der Waals surface area contributed by atoms with Crippen LogP contribution in [0.4, 0.5) is 15.8 Å². The van der Waals surface area contributed by atoms with Gasteiger partial charge in [-0.3, -0.25) is 15.5 Å². The van der Waals surface area contributed by atoms with Gasteiger partial charge in [0.25, 0.3) is 5.69 Å². The van der Waals surface area contributed by atoms with Crippen molar-refractivity contribution in [1.29, 1.82) is 0 Å². The van der Waals surface area contributed by atoms with Gasteiger partial charge in [-0.15, -0.1) is 0 Å². The number of primary sulfonamides is 1. The number of hydrazone groups is 1. The number of rotatable bonds is 7. The molecule has 158 valence electrons. The minimum absolute atomic E-state index is 0.0335. The van der Waals surface area contributed by atoms with Crippen LogP contribution in [0.15, 0.2) is 88.9 Å². The first-order chi connectivity index (χ1) is 14.7. The zero-order chi connectivity index (χ0) is 22.4. The number of hydrogen-bond donors (Lipinski definition) is 2. The first-order valence-electron chi connectivity index (χ1n) is 8.87. The van der Waals surface area contributed by atoms with Gasteiger partial charge >= 0.3 is 0 Å². The van der Waals surface area contributed by atoms with Crippen LogP contribution >= 0.6 is 0 Å². The number of hydrogen-bond acceptors (Lipinski definition) is 6. The molecule has 0 saturated heterocycles. The highest BCUT2D eigenvalue weighted by Crippen LogP contribution is 2.16. The summed E-state index contributed by atoms with van der Waals surface area (Å²) in [7, 11) is -3.80. The molecule has 0 heterocycles. The topological polar surface area (TPSA) is 128 Å². The highest BCUT2D eigenvalue weighted by atomic mass is 32.2. The normalized spacial score (nSPS) is 12.1. The third-order valence-corrected chi connectivity index (χ3v) is 5.10. The van der Waals surface area contributed by atoms with Gasteiger partial charge < -0.3 is 0 Å². The highest BCUT2D eigenvalue weighted by Gasteiger charge is 2.08. The van der Waals surface area contributed by atoms with Crippen LogP contribution in [0.1, 0.15) is 11.1 Å². The Labute approximate surface area is 177 Å². The Bertz CT molecular complexity index is 1240. The monoisotopic (exact) mass is 440 g/mol. The van der Waals surface area contributed by atoms with Gasteiger partial charge in [0.05, 0.1) is 21.2 Å². The van der Waals surface area contributed by atoms with E-state index in [2.05, 4.69) is 10.5 Å². The Kier molecular flexibility index (Phi) is 6.53. The molecule has 0 aliphatic rings. The number of halogens is 1. The lowest BCUT2D eigenvalue weighted by molar-refractivity contribution is -0.384. The zero-order valence-corrected chi connectivity index (χ0v) is 16.8. The summed E-state index contributed by atoms with van der Waals surface area (Å²) < 4.78 is 35.8. The quantitative estimate of drug-likeness (QED) is 0.327. The van der Waals surface area contributed by atoms with Crippen LogP contribution in [0.2, 0.25) is 0 Å². The Morgan fingerprint density at radius 2 is 1.61 bits per heavy atom. The summed E-state index contributed by atoms with van der Waals surface area (Å²) in [6.45, 7) is 0. The smallest absolute Gasteiger partial charge is 0.269 e. The minimum atomic E-state index is -3.80. The molecule has 0 fully saturated rings. The van der Waals surface area contributed by atoms with E-state index in [0.29, 0.717) is 17.0 Å². The van der Waals surface area contributed by atoms with Crippen LogP contribution in [0.3, 0.4) is 0 Å². The molecule has 8 nitrogen and oxygen atoms in total. The average Bonchev–Trinajstić information content (AvgIpc) is 2.75. The molecule has 3 aromatic carbocycles. The second-order valence-electron chi connectivity index (χ2n) is 6.37. The summed E-state index contributed by atoms with van der Waals surface area (Å²) in [6.07, 6.45) is 3.38. The fraction of sp³-hybridized carbons (Fsp3) is 0. The second kappa shape index (κ2) is 9.28. The van der Waals surface area contributed by atoms with Crippen molar-refractivity contribution in [3.05, 3.63) is 106 Å². The van der Waals surface area contributed by atoms with Gasteiger partial charge in [-0.1, -0.05) is 18.2 Å². The first kappa shape index (κ1) is 21.8. The van der Waals surface area contributed by atoms with Crippen molar-refractivity contribution in [1.82, 2.24) is 0 Å². The predicted molar refractivity (Wildman–Crippen MR) is 117 cm³/mol. The van der Waals surface area contributed by atoms with Gasteiger partial charge in [0.1, 0.15) is 5.82 Å². The molecule has 0 aliphatic heterocycles. The molecule has 0 aliphatic carbocycles. The number of nitrogens with one attached hydrogen (secondary N) is 1. The third-order valence-electron chi connectivity index (χ3n) is 4.17. The maximum absolute atomic E-state index is 13.1. The van der Waals surface area contributed by atoms with Crippen molar-refractivity contribution in [2.24, 2.45) is 10.2 Å². The molecule has 0 saturated carbocycles.